The summed E-state index contributed by atoms with van der Waals surface area (Å²) in [6, 6.07) is 16.2. The van der Waals surface area contributed by atoms with Crippen molar-refractivity contribution in [2.75, 3.05) is 16.2 Å². The molecule has 3 nitrogen and oxygen atoms in total. The second-order valence-electron chi connectivity index (χ2n) is 4.77. The van der Waals surface area contributed by atoms with E-state index in [-0.39, 0.29) is 0 Å². The maximum absolute atomic E-state index is 12.9. The van der Waals surface area contributed by atoms with E-state index in [0.29, 0.717) is 17.1 Å². The third kappa shape index (κ3) is 3.86. The zero-order valence-electron chi connectivity index (χ0n) is 11.9. The van der Waals surface area contributed by atoms with Gasteiger partial charge in [-0.05, 0) is 37.6 Å². The Labute approximate surface area is 134 Å². The van der Waals surface area contributed by atoms with Gasteiger partial charge >= 0.3 is 0 Å². The molecule has 21 heavy (non-hydrogen) atoms. The van der Waals surface area contributed by atoms with Gasteiger partial charge in [0.15, 0.2) is 0 Å². The van der Waals surface area contributed by atoms with Crippen molar-refractivity contribution in [1.29, 1.82) is 0 Å². The summed E-state index contributed by atoms with van der Waals surface area (Å²) < 4.78 is 27.2. The minimum absolute atomic E-state index is 0.325. The monoisotopic (exact) mass is 367 g/mol. The van der Waals surface area contributed by atoms with Gasteiger partial charge in [-0.3, -0.25) is 4.31 Å². The first-order chi connectivity index (χ1) is 10.1. The van der Waals surface area contributed by atoms with Crippen molar-refractivity contribution in [3.05, 3.63) is 60.2 Å². The van der Waals surface area contributed by atoms with E-state index in [1.54, 1.807) is 12.1 Å². The molecule has 0 bridgehead atoms. The fourth-order valence-corrected chi connectivity index (χ4v) is 3.78. The topological polar surface area (TPSA) is 37.4 Å². The van der Waals surface area contributed by atoms with Crippen LogP contribution in [0.1, 0.15) is 12.0 Å². The third-order valence-electron chi connectivity index (χ3n) is 3.15. The summed E-state index contributed by atoms with van der Waals surface area (Å²) in [5, 5.41) is 0.764. The van der Waals surface area contributed by atoms with Gasteiger partial charge in [0, 0.05) is 11.9 Å². The van der Waals surface area contributed by atoms with Crippen LogP contribution in [0.25, 0.3) is 0 Å². The number of halogens is 1. The Morgan fingerprint density at radius 3 is 2.19 bits per heavy atom. The molecule has 112 valence electrons. The molecular weight excluding hydrogens is 350 g/mol. The van der Waals surface area contributed by atoms with Crippen LogP contribution in [0.5, 0.6) is 0 Å². The number of anilines is 1. The summed E-state index contributed by atoms with van der Waals surface area (Å²) in [6.07, 6.45) is 0.750. The summed E-state index contributed by atoms with van der Waals surface area (Å²) in [5.41, 5.74) is 1.74. The molecular formula is C16H18BrNO2S. The fourth-order valence-electron chi connectivity index (χ4n) is 2.02. The largest absolute Gasteiger partial charge is 0.266 e. The normalized spacial score (nSPS) is 11.3. The predicted molar refractivity (Wildman–Crippen MR) is 90.6 cm³/mol. The smallest absolute Gasteiger partial charge is 0.264 e. The number of benzene rings is 2. The SMILES string of the molecule is Cc1ccc(S(=O)(=O)N(CCCBr)c2ccccc2)cc1. The molecule has 0 fully saturated rings. The summed E-state index contributed by atoms with van der Waals surface area (Å²) in [5.74, 6) is 0. The van der Waals surface area contributed by atoms with Crippen molar-refractivity contribution in [2.45, 2.75) is 18.2 Å². The van der Waals surface area contributed by atoms with E-state index < -0.39 is 10.0 Å². The van der Waals surface area contributed by atoms with Crippen molar-refractivity contribution in [3.8, 4) is 0 Å². The number of hydrogen-bond acceptors (Lipinski definition) is 2. The number of aryl methyl sites for hydroxylation is 1. The summed E-state index contributed by atoms with van der Waals surface area (Å²) >= 11 is 3.36. The molecule has 0 radical (unpaired) electrons. The van der Waals surface area contributed by atoms with Crippen LogP contribution >= 0.6 is 15.9 Å². The molecule has 0 unspecified atom stereocenters. The lowest BCUT2D eigenvalue weighted by molar-refractivity contribution is 0.590. The number of para-hydroxylation sites is 1. The molecule has 0 spiro atoms. The minimum atomic E-state index is -3.53. The van der Waals surface area contributed by atoms with Crippen molar-refractivity contribution < 1.29 is 8.42 Å². The number of nitrogens with zero attached hydrogens (tertiary/aromatic N) is 1. The highest BCUT2D eigenvalue weighted by Gasteiger charge is 2.24. The third-order valence-corrected chi connectivity index (χ3v) is 5.55. The van der Waals surface area contributed by atoms with Crippen molar-refractivity contribution >= 4 is 31.6 Å². The van der Waals surface area contributed by atoms with E-state index in [0.717, 1.165) is 17.3 Å². The molecule has 0 heterocycles. The van der Waals surface area contributed by atoms with Crippen LogP contribution in [0.4, 0.5) is 5.69 Å². The van der Waals surface area contributed by atoms with Crippen molar-refractivity contribution in [2.24, 2.45) is 0 Å². The first kappa shape index (κ1) is 16.0. The van der Waals surface area contributed by atoms with E-state index in [1.807, 2.05) is 49.4 Å². The molecule has 0 saturated heterocycles. The van der Waals surface area contributed by atoms with Crippen molar-refractivity contribution in [1.82, 2.24) is 0 Å². The number of alkyl halides is 1. The maximum atomic E-state index is 12.9. The van der Waals surface area contributed by atoms with Gasteiger partial charge in [-0.1, -0.05) is 51.8 Å². The van der Waals surface area contributed by atoms with Gasteiger partial charge in [-0.25, -0.2) is 8.42 Å². The van der Waals surface area contributed by atoms with Crippen LogP contribution in [0.15, 0.2) is 59.5 Å². The molecule has 0 aliphatic rings. The summed E-state index contributed by atoms with van der Waals surface area (Å²) in [4.78, 5) is 0.325. The van der Waals surface area contributed by atoms with E-state index in [4.69, 9.17) is 0 Å². The van der Waals surface area contributed by atoms with Gasteiger partial charge in [0.1, 0.15) is 0 Å². The van der Waals surface area contributed by atoms with E-state index in [2.05, 4.69) is 15.9 Å². The highest BCUT2D eigenvalue weighted by atomic mass is 79.9. The van der Waals surface area contributed by atoms with Gasteiger partial charge in [-0.15, -0.1) is 0 Å². The Morgan fingerprint density at radius 2 is 1.62 bits per heavy atom. The molecule has 5 heteroatoms. The fraction of sp³-hybridized carbons (Fsp3) is 0.250. The minimum Gasteiger partial charge on any atom is -0.266 e. The number of hydrogen-bond donors (Lipinski definition) is 0. The lowest BCUT2D eigenvalue weighted by Crippen LogP contribution is -2.32. The number of rotatable bonds is 6. The van der Waals surface area contributed by atoms with Gasteiger partial charge in [-0.2, -0.15) is 0 Å². The maximum Gasteiger partial charge on any atom is 0.264 e. The Kier molecular flexibility index (Phi) is 5.42. The van der Waals surface area contributed by atoms with Crippen molar-refractivity contribution in [3.63, 3.8) is 0 Å². The second kappa shape index (κ2) is 7.09. The molecule has 0 aromatic heterocycles. The quantitative estimate of drug-likeness (QED) is 0.724. The highest BCUT2D eigenvalue weighted by molar-refractivity contribution is 9.09. The lowest BCUT2D eigenvalue weighted by Gasteiger charge is -2.24. The molecule has 2 rings (SSSR count). The molecule has 2 aromatic rings. The average Bonchev–Trinajstić information content (AvgIpc) is 2.49. The lowest BCUT2D eigenvalue weighted by atomic mass is 10.2. The second-order valence-corrected chi connectivity index (χ2v) is 7.42. The Bertz CT molecular complexity index is 669. The van der Waals surface area contributed by atoms with Gasteiger partial charge in [0.2, 0.25) is 0 Å². The van der Waals surface area contributed by atoms with Crippen LogP contribution in [0, 0.1) is 6.92 Å². The Hall–Kier alpha value is -1.33. The molecule has 0 atom stereocenters. The van der Waals surface area contributed by atoms with Gasteiger partial charge < -0.3 is 0 Å². The number of sulfonamides is 1. The first-order valence-electron chi connectivity index (χ1n) is 6.76. The standard InChI is InChI=1S/C16H18BrNO2S/c1-14-8-10-16(11-9-14)21(19,20)18(13-5-12-17)15-6-3-2-4-7-15/h2-4,6-11H,5,12-13H2,1H3. The first-order valence-corrected chi connectivity index (χ1v) is 9.32. The Balaban J connectivity index is 2.42. The molecule has 0 N–H and O–H groups in total. The molecule has 0 aliphatic carbocycles. The average molecular weight is 368 g/mol. The van der Waals surface area contributed by atoms with Crippen LogP contribution in [0.3, 0.4) is 0 Å². The Morgan fingerprint density at radius 1 is 1.00 bits per heavy atom. The van der Waals surface area contributed by atoms with E-state index in [9.17, 15) is 8.42 Å². The zero-order valence-corrected chi connectivity index (χ0v) is 14.3. The van der Waals surface area contributed by atoms with E-state index in [1.165, 1.54) is 4.31 Å². The summed E-state index contributed by atoms with van der Waals surface area (Å²) in [7, 11) is -3.53. The zero-order chi connectivity index (χ0) is 15.3. The molecule has 0 saturated carbocycles. The molecule has 0 aliphatic heterocycles. The summed E-state index contributed by atoms with van der Waals surface area (Å²) in [6.45, 7) is 2.39. The molecule has 0 amide bonds. The van der Waals surface area contributed by atoms with E-state index >= 15 is 0 Å². The van der Waals surface area contributed by atoms with Gasteiger partial charge in [0.05, 0.1) is 10.6 Å². The molecule has 2 aromatic carbocycles. The predicted octanol–water partition coefficient (Wildman–Crippen LogP) is 3.98. The highest BCUT2D eigenvalue weighted by Crippen LogP contribution is 2.24. The van der Waals surface area contributed by atoms with Crippen LogP contribution in [-0.2, 0) is 10.0 Å². The van der Waals surface area contributed by atoms with Crippen LogP contribution in [-0.4, -0.2) is 20.3 Å². The van der Waals surface area contributed by atoms with Gasteiger partial charge in [0.25, 0.3) is 10.0 Å². The van der Waals surface area contributed by atoms with Crippen LogP contribution in [0.2, 0.25) is 0 Å². The van der Waals surface area contributed by atoms with Crippen LogP contribution < -0.4 is 4.31 Å².